The summed E-state index contributed by atoms with van der Waals surface area (Å²) in [6.45, 7) is 2.28. The van der Waals surface area contributed by atoms with Gasteiger partial charge in [-0.2, -0.15) is 0 Å². The number of carbonyl (C=O) groups is 1. The fourth-order valence-corrected chi connectivity index (χ4v) is 2.96. The lowest BCUT2D eigenvalue weighted by atomic mass is 9.87. The van der Waals surface area contributed by atoms with Crippen LogP contribution in [0.4, 0.5) is 0 Å². The number of rotatable bonds is 4. The lowest BCUT2D eigenvalue weighted by Gasteiger charge is -2.30. The van der Waals surface area contributed by atoms with E-state index in [1.54, 1.807) is 6.08 Å². The Kier molecular flexibility index (Phi) is 5.64. The topological polar surface area (TPSA) is 26.3 Å². The van der Waals surface area contributed by atoms with E-state index < -0.39 is 0 Å². The summed E-state index contributed by atoms with van der Waals surface area (Å²) in [4.78, 5) is 11.1. The first kappa shape index (κ1) is 13.0. The van der Waals surface area contributed by atoms with E-state index in [0.29, 0.717) is 10.0 Å². The summed E-state index contributed by atoms with van der Waals surface area (Å²) in [5, 5.41) is 0. The van der Waals surface area contributed by atoms with Crippen molar-refractivity contribution < 1.29 is 9.53 Å². The fraction of sp³-hybridized carbons (Fsp3) is 0.750. The van der Waals surface area contributed by atoms with Crippen molar-refractivity contribution in [1.29, 1.82) is 0 Å². The van der Waals surface area contributed by atoms with E-state index in [9.17, 15) is 4.79 Å². The molecule has 1 fully saturated rings. The van der Waals surface area contributed by atoms with Gasteiger partial charge in [0.2, 0.25) is 0 Å². The van der Waals surface area contributed by atoms with Crippen LogP contribution in [-0.2, 0) is 9.53 Å². The van der Waals surface area contributed by atoms with Crippen molar-refractivity contribution in [3.8, 4) is 0 Å². The summed E-state index contributed by atoms with van der Waals surface area (Å²) in [6, 6.07) is 0. The van der Waals surface area contributed by atoms with E-state index in [4.69, 9.17) is 4.74 Å². The molecule has 0 N–H and O–H groups in total. The normalized spacial score (nSPS) is 20.4. The zero-order valence-corrected chi connectivity index (χ0v) is 11.5. The highest BCUT2D eigenvalue weighted by Crippen LogP contribution is 2.39. The van der Waals surface area contributed by atoms with E-state index in [2.05, 4.69) is 22.6 Å². The van der Waals surface area contributed by atoms with Crippen molar-refractivity contribution in [2.24, 2.45) is 0 Å². The van der Waals surface area contributed by atoms with Crippen LogP contribution in [0.15, 0.2) is 12.2 Å². The molecule has 3 heteroatoms. The summed E-state index contributed by atoms with van der Waals surface area (Å²) >= 11 is 2.55. The summed E-state index contributed by atoms with van der Waals surface area (Å²) in [6.07, 6.45) is 11.1. The van der Waals surface area contributed by atoms with Gasteiger partial charge < -0.3 is 4.74 Å². The standard InChI is InChI=1S/C12H19IO2/c1-2-15-11(14)7-6-10-12(13)8-4-3-5-9-12/h6-7H,2-5,8-10H2,1H3. The molecule has 0 unspecified atom stereocenters. The summed E-state index contributed by atoms with van der Waals surface area (Å²) in [7, 11) is 0. The van der Waals surface area contributed by atoms with E-state index in [1.807, 2.05) is 13.0 Å². The lowest BCUT2D eigenvalue weighted by molar-refractivity contribution is -0.137. The van der Waals surface area contributed by atoms with Crippen LogP contribution < -0.4 is 0 Å². The van der Waals surface area contributed by atoms with Gasteiger partial charge in [0.05, 0.1) is 6.61 Å². The van der Waals surface area contributed by atoms with Gasteiger partial charge in [-0.1, -0.05) is 47.9 Å². The predicted octanol–water partition coefficient (Wildman–Crippen LogP) is 3.63. The Hall–Kier alpha value is -0.0600. The summed E-state index contributed by atoms with van der Waals surface area (Å²) < 4.78 is 5.22. The third kappa shape index (κ3) is 5.00. The Morgan fingerprint density at radius 1 is 1.40 bits per heavy atom. The Morgan fingerprint density at radius 3 is 2.67 bits per heavy atom. The molecular weight excluding hydrogens is 303 g/mol. The zero-order valence-electron chi connectivity index (χ0n) is 9.30. The maximum Gasteiger partial charge on any atom is 0.330 e. The molecule has 0 bridgehead atoms. The van der Waals surface area contributed by atoms with Crippen molar-refractivity contribution in [3.63, 3.8) is 0 Å². The van der Waals surface area contributed by atoms with Gasteiger partial charge >= 0.3 is 5.97 Å². The van der Waals surface area contributed by atoms with Gasteiger partial charge in [-0.3, -0.25) is 0 Å². The molecule has 0 radical (unpaired) electrons. The number of alkyl halides is 1. The molecule has 15 heavy (non-hydrogen) atoms. The lowest BCUT2D eigenvalue weighted by Crippen LogP contribution is -2.22. The van der Waals surface area contributed by atoms with Gasteiger partial charge in [-0.25, -0.2) is 4.79 Å². The van der Waals surface area contributed by atoms with Gasteiger partial charge in [0.25, 0.3) is 0 Å². The average molecular weight is 322 g/mol. The highest BCUT2D eigenvalue weighted by Gasteiger charge is 2.27. The number of carbonyl (C=O) groups excluding carboxylic acids is 1. The van der Waals surface area contributed by atoms with Gasteiger partial charge in [-0.15, -0.1) is 0 Å². The highest BCUT2D eigenvalue weighted by atomic mass is 127. The van der Waals surface area contributed by atoms with Gasteiger partial charge in [0, 0.05) is 9.50 Å². The molecule has 0 heterocycles. The van der Waals surface area contributed by atoms with Crippen LogP contribution in [0.5, 0.6) is 0 Å². The van der Waals surface area contributed by atoms with Gasteiger partial charge in [-0.05, 0) is 26.2 Å². The summed E-state index contributed by atoms with van der Waals surface area (Å²) in [5.41, 5.74) is 0. The van der Waals surface area contributed by atoms with Gasteiger partial charge in [0.1, 0.15) is 0 Å². The smallest absolute Gasteiger partial charge is 0.330 e. The molecule has 0 saturated heterocycles. The molecule has 1 aliphatic rings. The number of hydrogen-bond donors (Lipinski definition) is 0. The maximum atomic E-state index is 11.1. The minimum atomic E-state index is -0.215. The quantitative estimate of drug-likeness (QED) is 0.342. The number of ether oxygens (including phenoxy) is 1. The molecule has 0 amide bonds. The Bertz CT molecular complexity index is 230. The SMILES string of the molecule is CCOC(=O)C=CCC1(I)CCCCC1. The molecule has 0 spiro atoms. The van der Waals surface area contributed by atoms with E-state index in [1.165, 1.54) is 32.1 Å². The Labute approximate surface area is 106 Å². The zero-order chi connectivity index (χ0) is 11.1. The molecule has 0 aliphatic heterocycles. The number of halogens is 1. The van der Waals surface area contributed by atoms with Crippen molar-refractivity contribution in [1.82, 2.24) is 0 Å². The van der Waals surface area contributed by atoms with Crippen LogP contribution in [0.25, 0.3) is 0 Å². The minimum Gasteiger partial charge on any atom is -0.463 e. The second-order valence-corrected chi connectivity index (χ2v) is 6.36. The van der Waals surface area contributed by atoms with Crippen LogP contribution >= 0.6 is 22.6 Å². The van der Waals surface area contributed by atoms with E-state index >= 15 is 0 Å². The molecular formula is C12H19IO2. The number of esters is 1. The molecule has 0 aromatic carbocycles. The van der Waals surface area contributed by atoms with E-state index in [0.717, 1.165) is 6.42 Å². The first-order chi connectivity index (χ1) is 7.16. The second-order valence-electron chi connectivity index (χ2n) is 4.07. The monoisotopic (exact) mass is 322 g/mol. The summed E-state index contributed by atoms with van der Waals surface area (Å²) in [5.74, 6) is -0.215. The average Bonchev–Trinajstić information content (AvgIpc) is 2.19. The second kappa shape index (κ2) is 6.51. The molecule has 0 atom stereocenters. The molecule has 1 saturated carbocycles. The van der Waals surface area contributed by atoms with Crippen LogP contribution in [0.1, 0.15) is 45.4 Å². The first-order valence-corrected chi connectivity index (χ1v) is 6.76. The van der Waals surface area contributed by atoms with Crippen LogP contribution in [0, 0.1) is 0 Å². The third-order valence-electron chi connectivity index (χ3n) is 2.77. The molecule has 1 aliphatic carbocycles. The third-order valence-corrected chi connectivity index (χ3v) is 4.29. The predicted molar refractivity (Wildman–Crippen MR) is 70.2 cm³/mol. The molecule has 2 nitrogen and oxygen atoms in total. The highest BCUT2D eigenvalue weighted by molar-refractivity contribution is 14.1. The molecule has 1 rings (SSSR count). The van der Waals surface area contributed by atoms with Crippen molar-refractivity contribution >= 4 is 28.6 Å². The van der Waals surface area contributed by atoms with Crippen LogP contribution in [-0.4, -0.2) is 16.0 Å². The molecule has 86 valence electrons. The van der Waals surface area contributed by atoms with Crippen molar-refractivity contribution in [2.45, 2.75) is 48.9 Å². The minimum absolute atomic E-state index is 0.215. The Morgan fingerprint density at radius 2 is 2.07 bits per heavy atom. The van der Waals surface area contributed by atoms with Crippen molar-refractivity contribution in [3.05, 3.63) is 12.2 Å². The maximum absolute atomic E-state index is 11.1. The Balaban J connectivity index is 2.31. The van der Waals surface area contributed by atoms with Gasteiger partial charge in [0.15, 0.2) is 0 Å². The number of hydrogen-bond acceptors (Lipinski definition) is 2. The molecule has 0 aromatic heterocycles. The first-order valence-electron chi connectivity index (χ1n) is 5.68. The largest absolute Gasteiger partial charge is 0.463 e. The van der Waals surface area contributed by atoms with Crippen molar-refractivity contribution in [2.75, 3.05) is 6.61 Å². The molecule has 0 aromatic rings. The number of allylic oxidation sites excluding steroid dienone is 1. The fourth-order valence-electron chi connectivity index (χ4n) is 1.95. The van der Waals surface area contributed by atoms with Crippen LogP contribution in [0.3, 0.4) is 0 Å². The van der Waals surface area contributed by atoms with E-state index in [-0.39, 0.29) is 5.97 Å². The van der Waals surface area contributed by atoms with Crippen LogP contribution in [0.2, 0.25) is 0 Å².